The number of hydrogen-bond acceptors (Lipinski definition) is 5. The number of hydrogen-bond donors (Lipinski definition) is 3. The summed E-state index contributed by atoms with van der Waals surface area (Å²) in [5.74, 6) is -0.144. The summed E-state index contributed by atoms with van der Waals surface area (Å²) in [6, 6.07) is 6.66. The second kappa shape index (κ2) is 7.73. The Bertz CT molecular complexity index is 682. The maximum atomic E-state index is 12.1. The standard InChI is InChI=1S/C16H19N3O3S/c1-10(18-11(2)20)16-19-14(9-23-16)15(22)17-8-7-12-3-5-13(21)6-4-12/h3-6,9-10,21H,7-8H2,1-2H3,(H,17,22)(H,18,20). The molecule has 0 saturated heterocycles. The number of rotatable bonds is 6. The van der Waals surface area contributed by atoms with Crippen molar-refractivity contribution in [3.05, 3.63) is 45.9 Å². The maximum absolute atomic E-state index is 12.1. The Kier molecular flexibility index (Phi) is 5.70. The van der Waals surface area contributed by atoms with Gasteiger partial charge in [-0.3, -0.25) is 9.59 Å². The Morgan fingerprint density at radius 3 is 2.65 bits per heavy atom. The van der Waals surface area contributed by atoms with Crippen LogP contribution in [0.25, 0.3) is 0 Å². The van der Waals surface area contributed by atoms with Gasteiger partial charge in [-0.15, -0.1) is 11.3 Å². The zero-order valence-electron chi connectivity index (χ0n) is 13.0. The van der Waals surface area contributed by atoms with Gasteiger partial charge in [0, 0.05) is 18.8 Å². The van der Waals surface area contributed by atoms with Crippen LogP contribution in [0.1, 0.15) is 40.9 Å². The van der Waals surface area contributed by atoms with E-state index in [1.54, 1.807) is 17.5 Å². The van der Waals surface area contributed by atoms with Gasteiger partial charge in [0.1, 0.15) is 16.5 Å². The molecule has 6 nitrogen and oxygen atoms in total. The molecule has 23 heavy (non-hydrogen) atoms. The van der Waals surface area contributed by atoms with E-state index in [9.17, 15) is 14.7 Å². The normalized spacial score (nSPS) is 11.7. The van der Waals surface area contributed by atoms with Gasteiger partial charge in [0.05, 0.1) is 6.04 Å². The molecule has 7 heteroatoms. The van der Waals surface area contributed by atoms with Gasteiger partial charge in [-0.05, 0) is 31.0 Å². The summed E-state index contributed by atoms with van der Waals surface area (Å²) < 4.78 is 0. The average molecular weight is 333 g/mol. The van der Waals surface area contributed by atoms with Gasteiger partial charge in [-0.25, -0.2) is 4.98 Å². The Morgan fingerprint density at radius 2 is 2.00 bits per heavy atom. The minimum atomic E-state index is -0.235. The molecule has 0 radical (unpaired) electrons. The van der Waals surface area contributed by atoms with E-state index in [1.165, 1.54) is 18.3 Å². The predicted molar refractivity (Wildman–Crippen MR) is 88.5 cm³/mol. The van der Waals surface area contributed by atoms with E-state index < -0.39 is 0 Å². The van der Waals surface area contributed by atoms with Crippen LogP contribution in [0.3, 0.4) is 0 Å². The van der Waals surface area contributed by atoms with Gasteiger partial charge in [0.25, 0.3) is 5.91 Å². The molecule has 2 aromatic rings. The first-order valence-electron chi connectivity index (χ1n) is 7.24. The van der Waals surface area contributed by atoms with Gasteiger partial charge in [0.15, 0.2) is 0 Å². The summed E-state index contributed by atoms with van der Waals surface area (Å²) in [4.78, 5) is 27.3. The second-order valence-electron chi connectivity index (χ2n) is 5.17. The molecule has 122 valence electrons. The fraction of sp³-hybridized carbons (Fsp3) is 0.312. The number of thiazole rings is 1. The molecule has 2 amide bonds. The van der Waals surface area contributed by atoms with Crippen molar-refractivity contribution in [2.24, 2.45) is 0 Å². The third-order valence-electron chi connectivity index (χ3n) is 3.18. The molecular weight excluding hydrogens is 314 g/mol. The smallest absolute Gasteiger partial charge is 0.270 e. The zero-order chi connectivity index (χ0) is 16.8. The highest BCUT2D eigenvalue weighted by atomic mass is 32.1. The lowest BCUT2D eigenvalue weighted by atomic mass is 10.1. The Labute approximate surface area is 138 Å². The first kappa shape index (κ1) is 17.0. The van der Waals surface area contributed by atoms with Crippen LogP contribution in [0.5, 0.6) is 5.75 Å². The zero-order valence-corrected chi connectivity index (χ0v) is 13.8. The molecule has 1 aromatic carbocycles. The number of aromatic nitrogens is 1. The van der Waals surface area contributed by atoms with Crippen LogP contribution in [0.4, 0.5) is 0 Å². The van der Waals surface area contributed by atoms with Gasteiger partial charge < -0.3 is 15.7 Å². The van der Waals surface area contributed by atoms with E-state index in [-0.39, 0.29) is 23.6 Å². The Balaban J connectivity index is 1.85. The molecule has 1 aromatic heterocycles. The number of phenolic OH excluding ortho intramolecular Hbond substituents is 1. The number of nitrogens with zero attached hydrogens (tertiary/aromatic N) is 1. The van der Waals surface area contributed by atoms with Crippen LogP contribution >= 0.6 is 11.3 Å². The molecule has 0 fully saturated rings. The first-order valence-corrected chi connectivity index (χ1v) is 8.12. The monoisotopic (exact) mass is 333 g/mol. The number of carbonyl (C=O) groups is 2. The maximum Gasteiger partial charge on any atom is 0.270 e. The largest absolute Gasteiger partial charge is 0.508 e. The van der Waals surface area contributed by atoms with Gasteiger partial charge >= 0.3 is 0 Å². The minimum absolute atomic E-state index is 0.132. The number of aromatic hydroxyl groups is 1. The Morgan fingerprint density at radius 1 is 1.30 bits per heavy atom. The van der Waals surface area contributed by atoms with Crippen molar-refractivity contribution in [3.63, 3.8) is 0 Å². The summed E-state index contributed by atoms with van der Waals surface area (Å²) in [5, 5.41) is 17.1. The lowest BCUT2D eigenvalue weighted by Crippen LogP contribution is -2.26. The first-order chi connectivity index (χ1) is 11.0. The van der Waals surface area contributed by atoms with Gasteiger partial charge in [-0.2, -0.15) is 0 Å². The summed E-state index contributed by atoms with van der Waals surface area (Å²) in [6.45, 7) is 3.76. The topological polar surface area (TPSA) is 91.3 Å². The summed E-state index contributed by atoms with van der Waals surface area (Å²) in [5.41, 5.74) is 1.38. The lowest BCUT2D eigenvalue weighted by Gasteiger charge is -2.08. The van der Waals surface area contributed by atoms with E-state index in [4.69, 9.17) is 0 Å². The molecule has 1 unspecified atom stereocenters. The predicted octanol–water partition coefficient (Wildman–Crippen LogP) is 2.02. The van der Waals surface area contributed by atoms with Crippen molar-refractivity contribution in [2.75, 3.05) is 6.54 Å². The van der Waals surface area contributed by atoms with Crippen molar-refractivity contribution in [1.29, 1.82) is 0 Å². The number of phenols is 1. The highest BCUT2D eigenvalue weighted by Crippen LogP contribution is 2.18. The number of nitrogens with one attached hydrogen (secondary N) is 2. The van der Waals surface area contributed by atoms with Crippen LogP contribution in [0.2, 0.25) is 0 Å². The summed E-state index contributed by atoms with van der Waals surface area (Å²) in [7, 11) is 0. The molecule has 3 N–H and O–H groups in total. The van der Waals surface area contributed by atoms with Crippen LogP contribution < -0.4 is 10.6 Å². The second-order valence-corrected chi connectivity index (χ2v) is 6.06. The van der Waals surface area contributed by atoms with Crippen molar-refractivity contribution < 1.29 is 14.7 Å². The molecular formula is C16H19N3O3S. The highest BCUT2D eigenvalue weighted by Gasteiger charge is 2.15. The van der Waals surface area contributed by atoms with Gasteiger partial charge in [-0.1, -0.05) is 12.1 Å². The Hall–Kier alpha value is -2.41. The van der Waals surface area contributed by atoms with E-state index in [0.717, 1.165) is 5.56 Å². The molecule has 0 bridgehead atoms. The molecule has 1 heterocycles. The number of carbonyl (C=O) groups excluding carboxylic acids is 2. The van der Waals surface area contributed by atoms with Gasteiger partial charge in [0.2, 0.25) is 5.91 Å². The number of benzene rings is 1. The summed E-state index contributed by atoms with van der Waals surface area (Å²) >= 11 is 1.34. The fourth-order valence-electron chi connectivity index (χ4n) is 2.03. The molecule has 0 spiro atoms. The molecule has 0 saturated carbocycles. The molecule has 2 rings (SSSR count). The fourth-order valence-corrected chi connectivity index (χ4v) is 2.84. The van der Waals surface area contributed by atoms with Crippen molar-refractivity contribution in [1.82, 2.24) is 15.6 Å². The van der Waals surface area contributed by atoms with E-state index in [2.05, 4.69) is 15.6 Å². The van der Waals surface area contributed by atoms with E-state index >= 15 is 0 Å². The number of amides is 2. The van der Waals surface area contributed by atoms with Crippen LogP contribution in [0, 0.1) is 0 Å². The van der Waals surface area contributed by atoms with Crippen LogP contribution in [-0.2, 0) is 11.2 Å². The third-order valence-corrected chi connectivity index (χ3v) is 4.21. The van der Waals surface area contributed by atoms with Crippen molar-refractivity contribution in [3.8, 4) is 5.75 Å². The van der Waals surface area contributed by atoms with Crippen LogP contribution in [0.15, 0.2) is 29.6 Å². The molecule has 0 aliphatic rings. The van der Waals surface area contributed by atoms with Crippen molar-refractivity contribution >= 4 is 23.2 Å². The quantitative estimate of drug-likeness (QED) is 0.754. The molecule has 1 atom stereocenters. The average Bonchev–Trinajstić information content (AvgIpc) is 2.98. The lowest BCUT2D eigenvalue weighted by molar-refractivity contribution is -0.119. The molecule has 0 aliphatic heterocycles. The highest BCUT2D eigenvalue weighted by molar-refractivity contribution is 7.09. The van der Waals surface area contributed by atoms with E-state index in [0.29, 0.717) is 23.7 Å². The van der Waals surface area contributed by atoms with E-state index in [1.807, 2.05) is 19.1 Å². The SMILES string of the molecule is CC(=O)NC(C)c1nc(C(=O)NCCc2ccc(O)cc2)cs1. The minimum Gasteiger partial charge on any atom is -0.508 e. The van der Waals surface area contributed by atoms with Crippen molar-refractivity contribution in [2.45, 2.75) is 26.3 Å². The summed E-state index contributed by atoms with van der Waals surface area (Å²) in [6.07, 6.45) is 0.672. The van der Waals surface area contributed by atoms with Crippen LogP contribution in [-0.4, -0.2) is 28.4 Å². The molecule has 0 aliphatic carbocycles. The third kappa shape index (κ3) is 5.07.